The lowest BCUT2D eigenvalue weighted by Gasteiger charge is -2.22. The van der Waals surface area contributed by atoms with Crippen molar-refractivity contribution in [2.24, 2.45) is 0 Å². The van der Waals surface area contributed by atoms with Crippen LogP contribution in [0.2, 0.25) is 5.02 Å². The molecule has 0 aromatic carbocycles. The van der Waals surface area contributed by atoms with Crippen LogP contribution in [0.3, 0.4) is 0 Å². The van der Waals surface area contributed by atoms with Gasteiger partial charge in [0.05, 0.1) is 5.02 Å². The van der Waals surface area contributed by atoms with Crippen LogP contribution in [0.25, 0.3) is 0 Å². The summed E-state index contributed by atoms with van der Waals surface area (Å²) in [7, 11) is 0. The predicted molar refractivity (Wildman–Crippen MR) is 69.5 cm³/mol. The Morgan fingerprint density at radius 3 is 2.44 bits per heavy atom. The lowest BCUT2D eigenvalue weighted by molar-refractivity contribution is 0.726. The second kappa shape index (κ2) is 5.74. The number of hydrogen-bond acceptors (Lipinski definition) is 2. The molecule has 16 heavy (non-hydrogen) atoms. The lowest BCUT2D eigenvalue weighted by atomic mass is 10.2. The predicted octanol–water partition coefficient (Wildman–Crippen LogP) is 3.85. The van der Waals surface area contributed by atoms with Crippen LogP contribution < -0.4 is 4.90 Å². The number of alkyl halides is 1. The molecule has 1 fully saturated rings. The first-order chi connectivity index (χ1) is 7.81. The summed E-state index contributed by atoms with van der Waals surface area (Å²) >= 11 is 12.0. The molecule has 0 spiro atoms. The molecule has 0 bridgehead atoms. The van der Waals surface area contributed by atoms with Gasteiger partial charge in [-0.1, -0.05) is 24.4 Å². The van der Waals surface area contributed by atoms with Crippen molar-refractivity contribution in [1.82, 2.24) is 4.98 Å². The number of aromatic nitrogens is 1. The van der Waals surface area contributed by atoms with E-state index in [0.29, 0.717) is 5.88 Å². The number of hydrogen-bond donors (Lipinski definition) is 0. The van der Waals surface area contributed by atoms with Gasteiger partial charge in [0.15, 0.2) is 0 Å². The van der Waals surface area contributed by atoms with Gasteiger partial charge in [0.2, 0.25) is 0 Å². The molecule has 1 saturated heterocycles. The summed E-state index contributed by atoms with van der Waals surface area (Å²) in [5, 5.41) is 0.722. The maximum atomic E-state index is 6.23. The highest BCUT2D eigenvalue weighted by Gasteiger charge is 2.14. The van der Waals surface area contributed by atoms with Gasteiger partial charge < -0.3 is 4.90 Å². The normalized spacial score (nSPS) is 17.2. The average molecular weight is 259 g/mol. The van der Waals surface area contributed by atoms with E-state index < -0.39 is 0 Å². The Labute approximate surface area is 107 Å². The number of anilines is 1. The molecule has 1 aliphatic rings. The zero-order valence-electron chi connectivity index (χ0n) is 9.25. The Balaban J connectivity index is 2.18. The van der Waals surface area contributed by atoms with Gasteiger partial charge in [0.25, 0.3) is 0 Å². The van der Waals surface area contributed by atoms with Crippen LogP contribution in [0.4, 0.5) is 5.82 Å². The summed E-state index contributed by atoms with van der Waals surface area (Å²) in [5.74, 6) is 1.38. The fraction of sp³-hybridized carbons (Fsp3) is 0.583. The molecular formula is C12H16Cl2N2. The molecule has 2 heterocycles. The van der Waals surface area contributed by atoms with Gasteiger partial charge in [-0.15, -0.1) is 11.6 Å². The van der Waals surface area contributed by atoms with Crippen molar-refractivity contribution >= 4 is 29.0 Å². The summed E-state index contributed by atoms with van der Waals surface area (Å²) in [5.41, 5.74) is 0.977. The van der Waals surface area contributed by atoms with Crippen LogP contribution >= 0.6 is 23.2 Å². The standard InChI is InChI=1S/C12H16Cl2N2/c13-8-10-7-11(14)12(15-9-10)16-5-3-1-2-4-6-16/h7,9H,1-6,8H2. The smallest absolute Gasteiger partial charge is 0.147 e. The molecule has 1 aromatic heterocycles. The molecule has 0 saturated carbocycles. The molecule has 1 aromatic rings. The molecule has 2 rings (SSSR count). The third-order valence-corrected chi connectivity index (χ3v) is 3.53. The summed E-state index contributed by atoms with van der Waals surface area (Å²) in [6.07, 6.45) is 6.91. The van der Waals surface area contributed by atoms with E-state index in [4.69, 9.17) is 23.2 Å². The first-order valence-corrected chi connectivity index (χ1v) is 6.68. The van der Waals surface area contributed by atoms with Gasteiger partial charge in [-0.05, 0) is 24.5 Å². The summed E-state index contributed by atoms with van der Waals surface area (Å²) in [6.45, 7) is 2.12. The van der Waals surface area contributed by atoms with Gasteiger partial charge >= 0.3 is 0 Å². The fourth-order valence-corrected chi connectivity index (χ4v) is 2.51. The molecular weight excluding hydrogens is 243 g/mol. The van der Waals surface area contributed by atoms with Gasteiger partial charge in [0.1, 0.15) is 5.82 Å². The van der Waals surface area contributed by atoms with Crippen molar-refractivity contribution in [1.29, 1.82) is 0 Å². The third kappa shape index (κ3) is 2.80. The van der Waals surface area contributed by atoms with E-state index in [1.807, 2.05) is 12.3 Å². The van der Waals surface area contributed by atoms with Crippen molar-refractivity contribution in [2.75, 3.05) is 18.0 Å². The first kappa shape index (κ1) is 12.0. The van der Waals surface area contributed by atoms with E-state index in [-0.39, 0.29) is 0 Å². The number of nitrogens with zero attached hydrogens (tertiary/aromatic N) is 2. The molecule has 4 heteroatoms. The van der Waals surface area contributed by atoms with Crippen LogP contribution in [-0.4, -0.2) is 18.1 Å². The van der Waals surface area contributed by atoms with Crippen LogP contribution in [-0.2, 0) is 5.88 Å². The second-order valence-electron chi connectivity index (χ2n) is 4.18. The van der Waals surface area contributed by atoms with Crippen molar-refractivity contribution in [3.63, 3.8) is 0 Å². The van der Waals surface area contributed by atoms with E-state index in [9.17, 15) is 0 Å². The molecule has 1 aliphatic heterocycles. The molecule has 0 N–H and O–H groups in total. The molecule has 0 unspecified atom stereocenters. The Kier molecular flexibility index (Phi) is 4.30. The number of pyridine rings is 1. The minimum Gasteiger partial charge on any atom is -0.355 e. The Hall–Kier alpha value is -0.470. The highest BCUT2D eigenvalue weighted by molar-refractivity contribution is 6.33. The largest absolute Gasteiger partial charge is 0.355 e. The monoisotopic (exact) mass is 258 g/mol. The van der Waals surface area contributed by atoms with E-state index in [1.54, 1.807) is 0 Å². The maximum absolute atomic E-state index is 6.23. The number of rotatable bonds is 2. The van der Waals surface area contributed by atoms with E-state index in [1.165, 1.54) is 25.7 Å². The highest BCUT2D eigenvalue weighted by Crippen LogP contribution is 2.26. The molecule has 0 aliphatic carbocycles. The number of halogens is 2. The summed E-state index contributed by atoms with van der Waals surface area (Å²) in [4.78, 5) is 6.71. The molecule has 0 radical (unpaired) electrons. The topological polar surface area (TPSA) is 16.1 Å². The average Bonchev–Trinajstić information content (AvgIpc) is 2.57. The summed E-state index contributed by atoms with van der Waals surface area (Å²) < 4.78 is 0. The van der Waals surface area contributed by atoms with E-state index in [0.717, 1.165) is 29.5 Å². The molecule has 0 atom stereocenters. The molecule has 0 amide bonds. The Morgan fingerprint density at radius 1 is 1.19 bits per heavy atom. The van der Waals surface area contributed by atoms with Crippen molar-refractivity contribution in [3.05, 3.63) is 22.8 Å². The van der Waals surface area contributed by atoms with Crippen molar-refractivity contribution in [2.45, 2.75) is 31.6 Å². The van der Waals surface area contributed by atoms with Crippen molar-refractivity contribution in [3.8, 4) is 0 Å². The van der Waals surface area contributed by atoms with Crippen LogP contribution in [0.15, 0.2) is 12.3 Å². The molecule has 2 nitrogen and oxygen atoms in total. The van der Waals surface area contributed by atoms with Crippen LogP contribution in [0.1, 0.15) is 31.2 Å². The summed E-state index contributed by atoms with van der Waals surface area (Å²) in [6, 6.07) is 1.92. The minimum absolute atomic E-state index is 0.465. The van der Waals surface area contributed by atoms with Gasteiger partial charge in [-0.2, -0.15) is 0 Å². The SMILES string of the molecule is ClCc1cnc(N2CCCCCC2)c(Cl)c1. The molecule has 88 valence electrons. The maximum Gasteiger partial charge on any atom is 0.147 e. The van der Waals surface area contributed by atoms with E-state index in [2.05, 4.69) is 9.88 Å². The fourth-order valence-electron chi connectivity index (χ4n) is 2.06. The van der Waals surface area contributed by atoms with Gasteiger partial charge in [-0.3, -0.25) is 0 Å². The second-order valence-corrected chi connectivity index (χ2v) is 4.86. The lowest BCUT2D eigenvalue weighted by Crippen LogP contribution is -2.25. The Morgan fingerprint density at radius 2 is 1.88 bits per heavy atom. The minimum atomic E-state index is 0.465. The highest BCUT2D eigenvalue weighted by atomic mass is 35.5. The zero-order chi connectivity index (χ0) is 11.4. The van der Waals surface area contributed by atoms with Gasteiger partial charge in [0, 0.05) is 25.2 Å². The van der Waals surface area contributed by atoms with Gasteiger partial charge in [-0.25, -0.2) is 4.98 Å². The van der Waals surface area contributed by atoms with Crippen LogP contribution in [0.5, 0.6) is 0 Å². The zero-order valence-corrected chi connectivity index (χ0v) is 10.8. The van der Waals surface area contributed by atoms with E-state index >= 15 is 0 Å². The van der Waals surface area contributed by atoms with Crippen LogP contribution in [0, 0.1) is 0 Å². The quantitative estimate of drug-likeness (QED) is 0.750. The third-order valence-electron chi connectivity index (χ3n) is 2.94. The van der Waals surface area contributed by atoms with Crippen molar-refractivity contribution < 1.29 is 0 Å². The first-order valence-electron chi connectivity index (χ1n) is 5.76. The Bertz CT molecular complexity index is 347.